The zero-order valence-corrected chi connectivity index (χ0v) is 14.7. The highest BCUT2D eigenvalue weighted by Crippen LogP contribution is 2.27. The summed E-state index contributed by atoms with van der Waals surface area (Å²) in [5.74, 6) is 0.893. The summed E-state index contributed by atoms with van der Waals surface area (Å²) in [7, 11) is 1.70. The van der Waals surface area contributed by atoms with E-state index in [0.29, 0.717) is 5.02 Å². The number of methoxy groups -OCH3 is 1. The van der Waals surface area contributed by atoms with Gasteiger partial charge >= 0.3 is 0 Å². The zero-order valence-electron chi connectivity index (χ0n) is 13.9. The summed E-state index contributed by atoms with van der Waals surface area (Å²) in [6, 6.07) is 13.8. The quantitative estimate of drug-likeness (QED) is 0.672. The zero-order chi connectivity index (χ0) is 17.2. The fourth-order valence-corrected chi connectivity index (χ4v) is 3.40. The number of hydrogen-bond donors (Lipinski definition) is 1. The highest BCUT2D eigenvalue weighted by atomic mass is 35.5. The molecule has 1 aromatic heterocycles. The summed E-state index contributed by atoms with van der Waals surface area (Å²) < 4.78 is 5.33. The van der Waals surface area contributed by atoms with Gasteiger partial charge in [0, 0.05) is 22.2 Å². The number of nitrogens with one attached hydrogen (secondary N) is 1. The number of pyridine rings is 1. The molecule has 0 atom stereocenters. The molecular formula is C20H18ClN3O. The lowest BCUT2D eigenvalue weighted by atomic mass is 9.90. The molecule has 3 aromatic rings. The van der Waals surface area contributed by atoms with E-state index in [2.05, 4.69) is 27.6 Å². The van der Waals surface area contributed by atoms with Gasteiger partial charge in [-0.1, -0.05) is 11.6 Å². The van der Waals surface area contributed by atoms with E-state index in [-0.39, 0.29) is 0 Å². The molecule has 4 nitrogen and oxygen atoms in total. The third-order valence-electron chi connectivity index (χ3n) is 4.50. The van der Waals surface area contributed by atoms with Crippen LogP contribution in [0.1, 0.15) is 24.0 Å². The maximum atomic E-state index is 6.05. The monoisotopic (exact) mass is 351 g/mol. The Morgan fingerprint density at radius 2 is 2.04 bits per heavy atom. The van der Waals surface area contributed by atoms with E-state index in [1.165, 1.54) is 11.1 Å². The van der Waals surface area contributed by atoms with E-state index in [4.69, 9.17) is 16.3 Å². The number of aromatic nitrogens is 1. The second-order valence-corrected chi connectivity index (χ2v) is 6.50. The van der Waals surface area contributed by atoms with Crippen molar-refractivity contribution in [3.8, 4) is 5.75 Å². The Balaban J connectivity index is 1.68. The van der Waals surface area contributed by atoms with E-state index in [1.807, 2.05) is 30.3 Å². The average Bonchev–Trinajstić information content (AvgIpc) is 2.65. The van der Waals surface area contributed by atoms with Gasteiger partial charge in [0.1, 0.15) is 5.75 Å². The van der Waals surface area contributed by atoms with Crippen molar-refractivity contribution < 1.29 is 4.74 Å². The largest absolute Gasteiger partial charge is 0.497 e. The molecule has 0 bridgehead atoms. The van der Waals surface area contributed by atoms with Gasteiger partial charge < -0.3 is 4.74 Å². The Hall–Kier alpha value is -2.59. The third-order valence-corrected chi connectivity index (χ3v) is 4.73. The molecule has 1 aliphatic rings. The molecule has 1 heterocycles. The smallest absolute Gasteiger partial charge is 0.119 e. The predicted molar refractivity (Wildman–Crippen MR) is 103 cm³/mol. The van der Waals surface area contributed by atoms with E-state index in [9.17, 15) is 0 Å². The maximum absolute atomic E-state index is 6.05. The van der Waals surface area contributed by atoms with Crippen molar-refractivity contribution in [2.24, 2.45) is 5.10 Å². The van der Waals surface area contributed by atoms with Crippen LogP contribution < -0.4 is 10.2 Å². The van der Waals surface area contributed by atoms with Crippen LogP contribution in [0.25, 0.3) is 10.9 Å². The molecule has 0 radical (unpaired) electrons. The number of halogens is 1. The van der Waals surface area contributed by atoms with Crippen LogP contribution in [0.15, 0.2) is 53.8 Å². The van der Waals surface area contributed by atoms with Gasteiger partial charge in [0.05, 0.1) is 24.0 Å². The molecule has 2 aromatic carbocycles. The molecule has 0 unspecified atom stereocenters. The SMILES string of the molecule is COc1ccc2c(c1)CCC/C2=N/Nc1ccnc2cc(Cl)ccc12. The summed E-state index contributed by atoms with van der Waals surface area (Å²) >= 11 is 6.05. The Labute approximate surface area is 151 Å². The lowest BCUT2D eigenvalue weighted by molar-refractivity contribution is 0.414. The van der Waals surface area contributed by atoms with Crippen molar-refractivity contribution in [3.63, 3.8) is 0 Å². The van der Waals surface area contributed by atoms with Crippen molar-refractivity contribution in [1.82, 2.24) is 4.98 Å². The van der Waals surface area contributed by atoms with Crippen molar-refractivity contribution in [2.45, 2.75) is 19.3 Å². The fourth-order valence-electron chi connectivity index (χ4n) is 3.23. The molecule has 0 spiro atoms. The Morgan fingerprint density at radius 1 is 1.12 bits per heavy atom. The number of nitrogens with zero attached hydrogens (tertiary/aromatic N) is 2. The van der Waals surface area contributed by atoms with Crippen LogP contribution in [0.3, 0.4) is 0 Å². The average molecular weight is 352 g/mol. The van der Waals surface area contributed by atoms with E-state index < -0.39 is 0 Å². The van der Waals surface area contributed by atoms with Gasteiger partial charge in [-0.3, -0.25) is 10.4 Å². The summed E-state index contributed by atoms with van der Waals surface area (Å²) in [5, 5.41) is 6.37. The van der Waals surface area contributed by atoms with E-state index >= 15 is 0 Å². The molecule has 126 valence electrons. The molecular weight excluding hydrogens is 334 g/mol. The first-order chi connectivity index (χ1) is 12.2. The Kier molecular flexibility index (Phi) is 4.28. The second kappa shape index (κ2) is 6.73. The van der Waals surface area contributed by atoms with Gasteiger partial charge in [0.2, 0.25) is 0 Å². The van der Waals surface area contributed by atoms with Crippen molar-refractivity contribution >= 4 is 33.9 Å². The molecule has 0 amide bonds. The Bertz CT molecular complexity index is 968. The number of hydrogen-bond acceptors (Lipinski definition) is 4. The van der Waals surface area contributed by atoms with Crippen molar-refractivity contribution in [2.75, 3.05) is 12.5 Å². The normalized spacial score (nSPS) is 15.2. The van der Waals surface area contributed by atoms with Gasteiger partial charge in [-0.15, -0.1) is 0 Å². The number of ether oxygens (including phenoxy) is 1. The minimum Gasteiger partial charge on any atom is -0.497 e. The standard InChI is InChI=1S/C20H18ClN3O/c1-25-15-6-8-16-13(11-15)3-2-4-18(16)23-24-19-9-10-22-20-12-14(21)5-7-17(19)20/h5-12H,2-4H2,1H3,(H,22,24)/b23-18-. The predicted octanol–water partition coefficient (Wildman–Crippen LogP) is 5.05. The van der Waals surface area contributed by atoms with Crippen LogP contribution in [0.2, 0.25) is 5.02 Å². The van der Waals surface area contributed by atoms with Gasteiger partial charge in [0.15, 0.2) is 0 Å². The molecule has 0 saturated carbocycles. The van der Waals surface area contributed by atoms with Crippen LogP contribution in [0, 0.1) is 0 Å². The van der Waals surface area contributed by atoms with Crippen molar-refractivity contribution in [1.29, 1.82) is 0 Å². The van der Waals surface area contributed by atoms with Gasteiger partial charge in [-0.2, -0.15) is 5.10 Å². The van der Waals surface area contributed by atoms with Gasteiger partial charge in [-0.25, -0.2) is 0 Å². The minimum absolute atomic E-state index is 0.679. The van der Waals surface area contributed by atoms with E-state index in [1.54, 1.807) is 13.3 Å². The lowest BCUT2D eigenvalue weighted by Crippen LogP contribution is -2.13. The summed E-state index contributed by atoms with van der Waals surface area (Å²) in [6.07, 6.45) is 4.87. The third kappa shape index (κ3) is 3.17. The number of fused-ring (bicyclic) bond motifs is 2. The van der Waals surface area contributed by atoms with Crippen LogP contribution >= 0.6 is 11.6 Å². The number of anilines is 1. The van der Waals surface area contributed by atoms with Crippen molar-refractivity contribution in [3.05, 3.63) is 64.8 Å². The minimum atomic E-state index is 0.679. The highest BCUT2D eigenvalue weighted by Gasteiger charge is 2.16. The molecule has 25 heavy (non-hydrogen) atoms. The molecule has 0 aliphatic heterocycles. The molecule has 0 saturated heterocycles. The molecule has 1 N–H and O–H groups in total. The second-order valence-electron chi connectivity index (χ2n) is 6.07. The fraction of sp³-hybridized carbons (Fsp3) is 0.200. The molecule has 4 rings (SSSR count). The highest BCUT2D eigenvalue weighted by molar-refractivity contribution is 6.31. The first-order valence-corrected chi connectivity index (χ1v) is 8.66. The number of rotatable bonds is 3. The van der Waals surface area contributed by atoms with Gasteiger partial charge in [-0.05, 0) is 67.3 Å². The lowest BCUT2D eigenvalue weighted by Gasteiger charge is -2.19. The molecule has 5 heteroatoms. The first kappa shape index (κ1) is 15.9. The first-order valence-electron chi connectivity index (χ1n) is 8.29. The topological polar surface area (TPSA) is 46.5 Å². The summed E-state index contributed by atoms with van der Waals surface area (Å²) in [4.78, 5) is 4.37. The maximum Gasteiger partial charge on any atom is 0.119 e. The van der Waals surface area contributed by atoms with Crippen LogP contribution in [0.4, 0.5) is 5.69 Å². The number of hydrazone groups is 1. The van der Waals surface area contributed by atoms with E-state index in [0.717, 1.165) is 47.3 Å². The number of benzene rings is 2. The summed E-state index contributed by atoms with van der Waals surface area (Å²) in [6.45, 7) is 0. The van der Waals surface area contributed by atoms with Gasteiger partial charge in [0.25, 0.3) is 0 Å². The van der Waals surface area contributed by atoms with Crippen LogP contribution in [0.5, 0.6) is 5.75 Å². The van der Waals surface area contributed by atoms with Crippen LogP contribution in [-0.2, 0) is 6.42 Å². The summed E-state index contributed by atoms with van der Waals surface area (Å²) in [5.41, 5.74) is 8.56. The number of aryl methyl sites for hydroxylation is 1. The molecule has 0 fully saturated rings. The molecule has 1 aliphatic carbocycles. The van der Waals surface area contributed by atoms with Crippen LogP contribution in [-0.4, -0.2) is 17.8 Å². The Morgan fingerprint density at radius 3 is 2.92 bits per heavy atom.